The molecular weight excluding hydrogens is 905 g/mol. The molecule has 3 aliphatic carbocycles. The summed E-state index contributed by atoms with van der Waals surface area (Å²) in [4.78, 5) is 41.0. The summed E-state index contributed by atoms with van der Waals surface area (Å²) in [6.45, 7) is 4.33. The monoisotopic (exact) mass is 967 g/mol. The highest BCUT2D eigenvalue weighted by atomic mass is 32.2. The average molecular weight is 968 g/mol. The number of nitrogens with one attached hydrogen (secondary N) is 2. The van der Waals surface area contributed by atoms with Crippen LogP contribution < -0.4 is 15.2 Å². The van der Waals surface area contributed by atoms with E-state index in [0.717, 1.165) is 48.4 Å². The number of aromatic nitrogens is 1. The zero-order valence-corrected chi connectivity index (χ0v) is 40.4. The van der Waals surface area contributed by atoms with Crippen LogP contribution in [0, 0.1) is 30.1 Å². The van der Waals surface area contributed by atoms with Crippen LogP contribution >= 0.6 is 0 Å². The van der Waals surface area contributed by atoms with E-state index in [1.54, 1.807) is 66.7 Å². The molecule has 8 rings (SSSR count). The van der Waals surface area contributed by atoms with Crippen molar-refractivity contribution in [2.24, 2.45) is 23.2 Å². The molecule has 16 heteroatoms. The Labute approximate surface area is 398 Å². The van der Waals surface area contributed by atoms with Crippen molar-refractivity contribution >= 4 is 59.7 Å². The maximum Gasteiger partial charge on any atom is 0.269 e. The van der Waals surface area contributed by atoms with Crippen LogP contribution in [-0.2, 0) is 42.7 Å². The molecule has 5 N–H and O–H groups in total. The lowest BCUT2D eigenvalue weighted by atomic mass is 9.52. The number of aromatic hydroxyl groups is 1. The van der Waals surface area contributed by atoms with Crippen molar-refractivity contribution in [2.45, 2.75) is 108 Å². The Kier molecular flexibility index (Phi) is 14.6. The van der Waals surface area contributed by atoms with Crippen LogP contribution in [0.15, 0.2) is 95.9 Å². The van der Waals surface area contributed by atoms with Crippen LogP contribution in [-0.4, -0.2) is 85.1 Å². The largest absolute Gasteiger partial charge is 0.508 e. The number of carbonyl (C=O) groups is 3. The maximum absolute atomic E-state index is 14.9. The molecule has 4 aromatic carbocycles. The molecule has 0 spiro atoms. The van der Waals surface area contributed by atoms with Crippen LogP contribution in [0.3, 0.4) is 0 Å². The summed E-state index contributed by atoms with van der Waals surface area (Å²) in [5.41, 5.74) is 4.52. The lowest BCUT2D eigenvalue weighted by molar-refractivity contribution is -0.645. The summed E-state index contributed by atoms with van der Waals surface area (Å²) in [5.74, 6) is 0.0891. The lowest BCUT2D eigenvalue weighted by Gasteiger charge is -2.53. The number of benzene rings is 4. The second-order valence-electron chi connectivity index (χ2n) is 19.4. The van der Waals surface area contributed by atoms with Gasteiger partial charge in [0.1, 0.15) is 5.75 Å². The van der Waals surface area contributed by atoms with Crippen LogP contribution in [0.5, 0.6) is 5.75 Å². The van der Waals surface area contributed by atoms with Gasteiger partial charge in [-0.05, 0) is 135 Å². The van der Waals surface area contributed by atoms with Gasteiger partial charge < -0.3 is 20.8 Å². The highest BCUT2D eigenvalue weighted by molar-refractivity contribution is 7.89. The van der Waals surface area contributed by atoms with Gasteiger partial charge in [0.15, 0.2) is 6.54 Å². The highest BCUT2D eigenvalue weighted by Crippen LogP contribution is 2.62. The third-order valence-electron chi connectivity index (χ3n) is 15.1. The summed E-state index contributed by atoms with van der Waals surface area (Å²) < 4.78 is 64.0. The SMILES string of the molecule is Cc1ccc(S(=O)(=O)N(CCCC(=O)NCCNC(=O)CCC[C@@H]2Cc3cc(O)ccc3[C@H]3CC[C@]4(C)[C@@H](O)CC[C@H]4[C@H]23)C(=O)c2c3ccccc3[n+](CCCS(=O)(=O)O)c3ccccc23)cc1. The Morgan fingerprint density at radius 1 is 0.809 bits per heavy atom. The molecule has 5 aromatic rings. The number of hydrogen-bond acceptors (Lipinski definition) is 9. The Balaban J connectivity index is 0.888. The van der Waals surface area contributed by atoms with Crippen molar-refractivity contribution in [3.63, 3.8) is 0 Å². The van der Waals surface area contributed by atoms with Crippen LogP contribution in [0.25, 0.3) is 21.8 Å². The van der Waals surface area contributed by atoms with E-state index in [9.17, 15) is 46.0 Å². The number of aliphatic hydroxyl groups excluding tert-OH is 1. The first kappa shape index (κ1) is 49.0. The number of pyridine rings is 1. The Hall–Kier alpha value is -5.42. The number of rotatable bonds is 18. The highest BCUT2D eigenvalue weighted by Gasteiger charge is 2.56. The van der Waals surface area contributed by atoms with E-state index >= 15 is 0 Å². The van der Waals surface area contributed by atoms with Crippen molar-refractivity contribution in [3.05, 3.63) is 113 Å². The molecule has 2 saturated carbocycles. The third kappa shape index (κ3) is 10.3. The molecule has 2 fully saturated rings. The number of hydrogen-bond donors (Lipinski definition) is 5. The maximum atomic E-state index is 14.9. The Morgan fingerprint density at radius 3 is 2.09 bits per heavy atom. The van der Waals surface area contributed by atoms with E-state index in [0.29, 0.717) is 58.3 Å². The molecule has 14 nitrogen and oxygen atoms in total. The number of phenols is 1. The van der Waals surface area contributed by atoms with Crippen LogP contribution in [0.4, 0.5) is 0 Å². The van der Waals surface area contributed by atoms with Gasteiger partial charge in [-0.1, -0.05) is 55.0 Å². The molecule has 0 aliphatic heterocycles. The van der Waals surface area contributed by atoms with Crippen molar-refractivity contribution < 1.29 is 50.6 Å². The van der Waals surface area contributed by atoms with Gasteiger partial charge in [0, 0.05) is 51.0 Å². The minimum atomic E-state index is -4.43. The van der Waals surface area contributed by atoms with Crippen LogP contribution in [0.1, 0.15) is 104 Å². The number of fused-ring (bicyclic) bond motifs is 7. The number of phenolic OH excluding ortho intramolecular Hbond substituents is 1. The predicted octanol–water partition coefficient (Wildman–Crippen LogP) is 6.73. The minimum Gasteiger partial charge on any atom is -0.508 e. The van der Waals surface area contributed by atoms with Crippen molar-refractivity contribution in [3.8, 4) is 5.75 Å². The van der Waals surface area contributed by atoms with Crippen molar-refractivity contribution in [1.29, 1.82) is 0 Å². The number of carbonyl (C=O) groups excluding carboxylic acids is 3. The number of nitrogens with zero attached hydrogens (tertiary/aromatic N) is 2. The molecule has 1 aromatic heterocycles. The molecule has 3 amide bonds. The lowest BCUT2D eigenvalue weighted by Crippen LogP contribution is -2.47. The number of sulfonamides is 1. The Bertz CT molecular complexity index is 2870. The number of aliphatic hydroxyl groups is 1. The standard InChI is InChI=1S/C52H62N4O10S2/c1-34-17-20-38(21-18-34)68(65,66)56(51(61)50-41-11-3-5-13-44(41)55(29-9-31-67(62,63)64)45-14-6-4-12-42(45)50)30-8-16-48(60)54-28-27-53-47(59)15-7-10-35-32-36-33-37(57)19-22-39(36)40-25-26-52(2)43(49(35)40)23-24-46(52)58/h3-6,11-14,17-22,33,35,40,43,46,49,58H,7-10,15-16,23-32H2,1-2H3,(H3-,53,54,57,59,60,62,63,64)/p+1/t35-,40-,43+,46+,49-,52+/m1/s1. The summed E-state index contributed by atoms with van der Waals surface area (Å²) in [5, 5.41) is 27.9. The molecule has 0 saturated heterocycles. The first-order valence-corrected chi connectivity index (χ1v) is 27.0. The third-order valence-corrected chi connectivity index (χ3v) is 17.7. The van der Waals surface area contributed by atoms with Gasteiger partial charge in [-0.25, -0.2) is 12.7 Å². The second kappa shape index (κ2) is 20.3. The topological polar surface area (TPSA) is 211 Å². The summed E-state index contributed by atoms with van der Waals surface area (Å²) in [7, 11) is -8.66. The van der Waals surface area contributed by atoms with Gasteiger partial charge in [-0.3, -0.25) is 18.9 Å². The fourth-order valence-corrected chi connectivity index (χ4v) is 13.7. The first-order valence-electron chi connectivity index (χ1n) is 23.9. The molecule has 0 unspecified atom stereocenters. The van der Waals surface area contributed by atoms with Crippen LogP contribution in [0.2, 0.25) is 0 Å². The van der Waals surface area contributed by atoms with Gasteiger partial charge >= 0.3 is 0 Å². The molecular formula is C52H63N4O10S2+. The molecule has 362 valence electrons. The average Bonchev–Trinajstić information content (AvgIpc) is 3.61. The van der Waals surface area contributed by atoms with E-state index in [4.69, 9.17) is 0 Å². The summed E-state index contributed by atoms with van der Waals surface area (Å²) >= 11 is 0. The predicted molar refractivity (Wildman–Crippen MR) is 259 cm³/mol. The molecule has 6 atom stereocenters. The zero-order chi connectivity index (χ0) is 48.4. The zero-order valence-electron chi connectivity index (χ0n) is 38.8. The summed E-state index contributed by atoms with van der Waals surface area (Å²) in [6.07, 6.45) is 6.27. The molecule has 1 heterocycles. The normalized spacial score (nSPS) is 22.3. The number of para-hydroxylation sites is 2. The molecule has 3 aliphatic rings. The van der Waals surface area contributed by atoms with Gasteiger partial charge in [0.05, 0.1) is 33.1 Å². The van der Waals surface area contributed by atoms with Gasteiger partial charge in [-0.15, -0.1) is 0 Å². The second-order valence-corrected chi connectivity index (χ2v) is 22.8. The first-order chi connectivity index (χ1) is 32.5. The smallest absolute Gasteiger partial charge is 0.269 e. The fraction of sp³-hybridized carbons (Fsp3) is 0.462. The Morgan fingerprint density at radius 2 is 1.44 bits per heavy atom. The van der Waals surface area contributed by atoms with Gasteiger partial charge in [0.25, 0.3) is 26.0 Å². The molecule has 68 heavy (non-hydrogen) atoms. The quantitative estimate of drug-likeness (QED) is 0.0271. The van der Waals surface area contributed by atoms with Crippen molar-refractivity contribution in [2.75, 3.05) is 25.4 Å². The molecule has 0 radical (unpaired) electrons. The number of amides is 3. The minimum absolute atomic E-state index is 0.0133. The summed E-state index contributed by atoms with van der Waals surface area (Å²) in [6, 6.07) is 25.9. The van der Waals surface area contributed by atoms with E-state index in [2.05, 4.69) is 23.6 Å². The van der Waals surface area contributed by atoms with E-state index in [1.165, 1.54) is 23.3 Å². The fourth-order valence-electron chi connectivity index (χ4n) is 11.8. The van der Waals surface area contributed by atoms with E-state index in [1.807, 2.05) is 17.6 Å². The van der Waals surface area contributed by atoms with E-state index in [-0.39, 0.29) is 85.0 Å². The van der Waals surface area contributed by atoms with Crippen molar-refractivity contribution in [1.82, 2.24) is 14.9 Å². The van der Waals surface area contributed by atoms with E-state index < -0.39 is 31.8 Å². The van der Waals surface area contributed by atoms with Gasteiger partial charge in [0.2, 0.25) is 22.8 Å². The number of aryl methyl sites for hydroxylation is 2. The van der Waals surface area contributed by atoms with Gasteiger partial charge in [-0.2, -0.15) is 13.0 Å². The molecule has 0 bridgehead atoms.